The maximum Gasteiger partial charge on any atom is 0.271 e. The minimum absolute atomic E-state index is 0.214. The number of hydrogen-bond acceptors (Lipinski definition) is 6. The smallest absolute Gasteiger partial charge is 0.271 e. The Morgan fingerprint density at radius 1 is 1.21 bits per heavy atom. The molecule has 3 rings (SSSR count). The number of sulfonamides is 1. The van der Waals surface area contributed by atoms with Crippen molar-refractivity contribution < 1.29 is 12.9 Å². The van der Waals surface area contributed by atoms with E-state index in [9.17, 15) is 8.42 Å². The Bertz CT molecular complexity index is 945. The zero-order chi connectivity index (χ0) is 17.2. The monoisotopic (exact) mass is 363 g/mol. The molecular formula is C16H17N3O3S2. The number of thiophene rings is 1. The summed E-state index contributed by atoms with van der Waals surface area (Å²) < 4.78 is 33.2. The van der Waals surface area contributed by atoms with Crippen molar-refractivity contribution in [2.45, 2.75) is 30.9 Å². The van der Waals surface area contributed by atoms with Crippen molar-refractivity contribution in [2.75, 3.05) is 4.72 Å². The van der Waals surface area contributed by atoms with Gasteiger partial charge in [0.1, 0.15) is 4.21 Å². The third-order valence-corrected chi connectivity index (χ3v) is 6.32. The van der Waals surface area contributed by atoms with E-state index in [0.717, 1.165) is 23.3 Å². The Kier molecular flexibility index (Phi) is 4.68. The number of para-hydroxylation sites is 1. The molecule has 0 amide bonds. The molecule has 0 spiro atoms. The molecule has 0 aliphatic heterocycles. The summed E-state index contributed by atoms with van der Waals surface area (Å²) in [6.07, 6.45) is 1.38. The molecule has 0 saturated carbocycles. The fourth-order valence-electron chi connectivity index (χ4n) is 2.21. The first kappa shape index (κ1) is 16.7. The lowest BCUT2D eigenvalue weighted by Gasteiger charge is -2.10. The van der Waals surface area contributed by atoms with Gasteiger partial charge in [-0.15, -0.1) is 11.3 Å². The molecule has 3 aromatic rings. The van der Waals surface area contributed by atoms with E-state index >= 15 is 0 Å². The molecule has 2 heterocycles. The highest BCUT2D eigenvalue weighted by atomic mass is 32.2. The third-order valence-electron chi connectivity index (χ3n) is 3.51. The predicted molar refractivity (Wildman–Crippen MR) is 93.6 cm³/mol. The lowest BCUT2D eigenvalue weighted by molar-refractivity contribution is 0.383. The van der Waals surface area contributed by atoms with Crippen LogP contribution in [0.1, 0.15) is 25.3 Å². The summed E-state index contributed by atoms with van der Waals surface area (Å²) in [4.78, 5) is 4.22. The van der Waals surface area contributed by atoms with Gasteiger partial charge in [-0.05, 0) is 24.1 Å². The lowest BCUT2D eigenvalue weighted by Crippen LogP contribution is -2.12. The molecule has 2 aromatic heterocycles. The van der Waals surface area contributed by atoms with Crippen LogP contribution in [0.2, 0.25) is 0 Å². The van der Waals surface area contributed by atoms with Gasteiger partial charge in [-0.2, -0.15) is 4.98 Å². The van der Waals surface area contributed by atoms with Gasteiger partial charge >= 0.3 is 0 Å². The molecule has 0 fully saturated rings. The van der Waals surface area contributed by atoms with Crippen LogP contribution < -0.4 is 4.72 Å². The minimum Gasteiger partial charge on any atom is -0.339 e. The first-order valence-electron chi connectivity index (χ1n) is 7.55. The molecule has 8 heteroatoms. The molecular weight excluding hydrogens is 346 g/mol. The van der Waals surface area contributed by atoms with Gasteiger partial charge < -0.3 is 4.52 Å². The molecule has 6 nitrogen and oxygen atoms in total. The second kappa shape index (κ2) is 6.74. The van der Waals surface area contributed by atoms with Crippen molar-refractivity contribution in [3.8, 4) is 11.4 Å². The highest BCUT2D eigenvalue weighted by Crippen LogP contribution is 2.29. The Morgan fingerprint density at radius 2 is 2.00 bits per heavy atom. The zero-order valence-corrected chi connectivity index (χ0v) is 14.9. The first-order valence-corrected chi connectivity index (χ1v) is 9.92. The molecule has 1 N–H and O–H groups in total. The first-order chi connectivity index (χ1) is 11.5. The molecule has 1 aromatic carbocycles. The molecule has 0 unspecified atom stereocenters. The predicted octanol–water partition coefficient (Wildman–Crippen LogP) is 3.72. The fourth-order valence-corrected chi connectivity index (χ4v) is 4.47. The summed E-state index contributed by atoms with van der Waals surface area (Å²) in [5.74, 6) is 0.925. The van der Waals surface area contributed by atoms with Crippen molar-refractivity contribution in [1.82, 2.24) is 10.1 Å². The van der Waals surface area contributed by atoms with E-state index in [4.69, 9.17) is 4.52 Å². The van der Waals surface area contributed by atoms with Gasteiger partial charge in [-0.3, -0.25) is 4.72 Å². The number of hydrogen-bond donors (Lipinski definition) is 1. The zero-order valence-electron chi connectivity index (χ0n) is 13.3. The molecule has 0 aliphatic carbocycles. The van der Waals surface area contributed by atoms with Crippen LogP contribution in [0.4, 0.5) is 5.69 Å². The van der Waals surface area contributed by atoms with Crippen molar-refractivity contribution >= 4 is 27.0 Å². The number of anilines is 1. The standard InChI is InChI=1S/C16H17N3O3S2/c1-3-11-7-5-6-8-13(11)19-24(20,21)15-9-12(10-23-15)16-17-14(4-2)22-18-16/h5-10,19H,3-4H2,1-2H3. The molecule has 0 saturated heterocycles. The van der Waals surface area contributed by atoms with Gasteiger partial charge in [-0.1, -0.05) is 37.2 Å². The molecule has 0 aliphatic rings. The van der Waals surface area contributed by atoms with Crippen LogP contribution in [0.5, 0.6) is 0 Å². The highest BCUT2D eigenvalue weighted by Gasteiger charge is 2.20. The third kappa shape index (κ3) is 3.34. The SMILES string of the molecule is CCc1nc(-c2csc(S(=O)(=O)Nc3ccccc3CC)c2)no1. The fraction of sp³-hybridized carbons (Fsp3) is 0.250. The van der Waals surface area contributed by atoms with Crippen LogP contribution >= 0.6 is 11.3 Å². The topological polar surface area (TPSA) is 85.1 Å². The van der Waals surface area contributed by atoms with Crippen LogP contribution in [-0.4, -0.2) is 18.6 Å². The van der Waals surface area contributed by atoms with Gasteiger partial charge in [0.05, 0.1) is 5.69 Å². The van der Waals surface area contributed by atoms with Gasteiger partial charge in [0.25, 0.3) is 10.0 Å². The Balaban J connectivity index is 1.88. The number of rotatable bonds is 6. The maximum absolute atomic E-state index is 12.6. The number of aryl methyl sites for hydroxylation is 2. The summed E-state index contributed by atoms with van der Waals surface area (Å²) in [6.45, 7) is 3.90. The molecule has 126 valence electrons. The van der Waals surface area contributed by atoms with E-state index in [0.29, 0.717) is 29.4 Å². The summed E-state index contributed by atoms with van der Waals surface area (Å²) in [6, 6.07) is 8.93. The van der Waals surface area contributed by atoms with Gasteiger partial charge in [0.2, 0.25) is 11.7 Å². The van der Waals surface area contributed by atoms with Crippen LogP contribution in [0, 0.1) is 0 Å². The van der Waals surface area contributed by atoms with E-state index in [-0.39, 0.29) is 4.21 Å². The van der Waals surface area contributed by atoms with E-state index in [1.807, 2.05) is 32.0 Å². The Labute approximate surface area is 144 Å². The van der Waals surface area contributed by atoms with Crippen molar-refractivity contribution in [2.24, 2.45) is 0 Å². The van der Waals surface area contributed by atoms with E-state index < -0.39 is 10.0 Å². The van der Waals surface area contributed by atoms with Crippen molar-refractivity contribution in [3.63, 3.8) is 0 Å². The van der Waals surface area contributed by atoms with Crippen molar-refractivity contribution in [3.05, 3.63) is 47.2 Å². The second-order valence-electron chi connectivity index (χ2n) is 5.14. The van der Waals surface area contributed by atoms with Gasteiger partial charge in [0, 0.05) is 17.4 Å². The van der Waals surface area contributed by atoms with E-state index in [2.05, 4.69) is 14.9 Å². The van der Waals surface area contributed by atoms with Crippen LogP contribution in [0.25, 0.3) is 11.4 Å². The highest BCUT2D eigenvalue weighted by molar-refractivity contribution is 7.94. The van der Waals surface area contributed by atoms with Crippen LogP contribution in [0.3, 0.4) is 0 Å². The van der Waals surface area contributed by atoms with Gasteiger partial charge in [-0.25, -0.2) is 8.42 Å². The summed E-state index contributed by atoms with van der Waals surface area (Å²) in [5.41, 5.74) is 2.18. The molecule has 0 radical (unpaired) electrons. The van der Waals surface area contributed by atoms with E-state index in [1.165, 1.54) is 0 Å². The lowest BCUT2D eigenvalue weighted by atomic mass is 10.1. The normalized spacial score (nSPS) is 11.6. The number of benzene rings is 1. The summed E-state index contributed by atoms with van der Waals surface area (Å²) in [7, 11) is -3.65. The Morgan fingerprint density at radius 3 is 2.71 bits per heavy atom. The molecule has 0 atom stereocenters. The summed E-state index contributed by atoms with van der Waals surface area (Å²) >= 11 is 1.13. The van der Waals surface area contributed by atoms with Crippen LogP contribution in [-0.2, 0) is 22.9 Å². The van der Waals surface area contributed by atoms with Crippen LogP contribution in [0.15, 0.2) is 44.4 Å². The Hall–Kier alpha value is -2.19. The molecule has 0 bridgehead atoms. The van der Waals surface area contributed by atoms with Gasteiger partial charge in [0.15, 0.2) is 0 Å². The number of nitrogens with zero attached hydrogens (tertiary/aromatic N) is 2. The van der Waals surface area contributed by atoms with Crippen molar-refractivity contribution in [1.29, 1.82) is 0 Å². The average Bonchev–Trinajstić information content (AvgIpc) is 3.24. The quantitative estimate of drug-likeness (QED) is 0.721. The number of aromatic nitrogens is 2. The largest absolute Gasteiger partial charge is 0.339 e. The number of nitrogens with one attached hydrogen (secondary N) is 1. The van der Waals surface area contributed by atoms with E-state index in [1.54, 1.807) is 17.5 Å². The maximum atomic E-state index is 12.6. The second-order valence-corrected chi connectivity index (χ2v) is 7.96. The molecule has 24 heavy (non-hydrogen) atoms. The summed E-state index contributed by atoms with van der Waals surface area (Å²) in [5, 5.41) is 5.58. The minimum atomic E-state index is -3.65. The average molecular weight is 363 g/mol.